The van der Waals surface area contributed by atoms with Crippen LogP contribution in [0.5, 0.6) is 0 Å². The van der Waals surface area contributed by atoms with Gasteiger partial charge in [-0.05, 0) is 70.1 Å². The number of carbonyl (C=O) groups excluding carboxylic acids is 1. The van der Waals surface area contributed by atoms with Crippen LogP contribution in [0.3, 0.4) is 0 Å². The molecule has 47 heavy (non-hydrogen) atoms. The summed E-state index contributed by atoms with van der Waals surface area (Å²) < 4.78 is 24.9. The minimum absolute atomic E-state index is 0. The molecule has 2 aliphatic rings. The maximum atomic E-state index is 13.0. The van der Waals surface area contributed by atoms with Gasteiger partial charge >= 0.3 is 23.1 Å². The molecule has 4 aromatic rings. The zero-order chi connectivity index (χ0) is 31.4. The van der Waals surface area contributed by atoms with E-state index in [-0.39, 0.29) is 64.9 Å². The number of rotatable bonds is 5. The van der Waals surface area contributed by atoms with Gasteiger partial charge in [0.05, 0.1) is 5.56 Å². The standard InChI is InChI=1S/C17H20FN3O.C11H15N3O.C6H4F.CH4.BrH.Mg/c1-17(22,13-5-7-15(18)8-6-13)14-11-19-16(20-12-14)21-9-3-2-4-10-21;1-9(15)10-7-12-11(13-8-10)14-5-3-2-4-6-14;7-6-4-2-1-3-5-6;;;/h5-8,11-12,22H,2-4,9-10H2,1H3;7-8H,2-6H2,1H3;2-5H;1H4;1H;/q;;-1;;;+2/p-1. The second-order valence-electron chi connectivity index (χ2n) is 11.0. The number of nitrogens with zero attached hydrogens (tertiary/aromatic N) is 6. The Bertz CT molecular complexity index is 1440. The number of ketones is 1. The van der Waals surface area contributed by atoms with Crippen LogP contribution in [0, 0.1) is 17.7 Å². The quantitative estimate of drug-likeness (QED) is 0.191. The summed E-state index contributed by atoms with van der Waals surface area (Å²) in [6.07, 6.45) is 13.8. The van der Waals surface area contributed by atoms with Gasteiger partial charge in [0.25, 0.3) is 0 Å². The van der Waals surface area contributed by atoms with Crippen molar-refractivity contribution >= 4 is 40.7 Å². The molecule has 1 N–H and O–H groups in total. The number of halogens is 3. The third-order valence-corrected chi connectivity index (χ3v) is 7.61. The van der Waals surface area contributed by atoms with Crippen LogP contribution in [-0.4, -0.2) is 80.1 Å². The van der Waals surface area contributed by atoms with E-state index in [4.69, 9.17) is 0 Å². The number of carbonyl (C=O) groups is 1. The first kappa shape index (κ1) is 42.0. The van der Waals surface area contributed by atoms with Gasteiger partial charge in [-0.15, -0.1) is 12.1 Å². The topological polar surface area (TPSA) is 95.3 Å². The SMILES string of the molecule is C.CC(=O)c1cnc(N2CCCCC2)nc1.CC(O)(c1ccc(F)cc1)c1cnc(N2CCCCC2)nc1.Fc1cc[c-]cc1.[Br-].[Mg+2]. The van der Waals surface area contributed by atoms with Gasteiger partial charge in [0.2, 0.25) is 11.9 Å². The number of hydrogen-bond acceptors (Lipinski definition) is 8. The number of anilines is 2. The Hall–Kier alpha value is -3.06. The molecule has 8 nitrogen and oxygen atoms in total. The van der Waals surface area contributed by atoms with Crippen LogP contribution in [0.1, 0.15) is 81.3 Å². The van der Waals surface area contributed by atoms with E-state index < -0.39 is 5.60 Å². The largest absolute Gasteiger partial charge is 2.00 e. The summed E-state index contributed by atoms with van der Waals surface area (Å²) >= 11 is 0. The first-order valence-electron chi connectivity index (χ1n) is 15.0. The van der Waals surface area contributed by atoms with E-state index in [1.54, 1.807) is 43.8 Å². The molecule has 4 heterocycles. The molecule has 0 radical (unpaired) electrons. The maximum Gasteiger partial charge on any atom is 2.00 e. The molecule has 0 saturated carbocycles. The average molecular weight is 722 g/mol. The first-order chi connectivity index (χ1) is 21.2. The Labute approximate surface area is 304 Å². The van der Waals surface area contributed by atoms with Gasteiger partial charge in [0, 0.05) is 62.3 Å². The van der Waals surface area contributed by atoms with Gasteiger partial charge < -0.3 is 31.9 Å². The number of piperidine rings is 2. The summed E-state index contributed by atoms with van der Waals surface area (Å²) in [5, 5.41) is 10.7. The van der Waals surface area contributed by atoms with Crippen molar-refractivity contribution in [3.8, 4) is 0 Å². The Morgan fingerprint density at radius 2 is 1.13 bits per heavy atom. The molecule has 0 bridgehead atoms. The van der Waals surface area contributed by atoms with Crippen molar-refractivity contribution in [1.82, 2.24) is 19.9 Å². The van der Waals surface area contributed by atoms with E-state index in [2.05, 4.69) is 35.8 Å². The smallest absolute Gasteiger partial charge is 1.00 e. The number of aliphatic hydroxyl groups is 1. The third kappa shape index (κ3) is 12.8. The molecule has 0 amide bonds. The third-order valence-electron chi connectivity index (χ3n) is 7.61. The Morgan fingerprint density at radius 1 is 0.723 bits per heavy atom. The molecule has 2 aliphatic heterocycles. The fourth-order valence-corrected chi connectivity index (χ4v) is 4.90. The van der Waals surface area contributed by atoms with Crippen molar-refractivity contribution in [2.24, 2.45) is 0 Å². The molecule has 1 atom stereocenters. The van der Waals surface area contributed by atoms with Crippen molar-refractivity contribution in [2.75, 3.05) is 36.0 Å². The Kier molecular flexibility index (Phi) is 18.8. The summed E-state index contributed by atoms with van der Waals surface area (Å²) in [5.41, 5.74) is 0.549. The van der Waals surface area contributed by atoms with Crippen LogP contribution in [0.15, 0.2) is 73.3 Å². The molecule has 2 aromatic carbocycles. The fourth-order valence-electron chi connectivity index (χ4n) is 4.90. The van der Waals surface area contributed by atoms with Crippen LogP contribution >= 0.6 is 0 Å². The van der Waals surface area contributed by atoms with Gasteiger partial charge in [-0.3, -0.25) is 4.79 Å². The summed E-state index contributed by atoms with van der Waals surface area (Å²) in [7, 11) is 0. The molecule has 6 rings (SSSR count). The fraction of sp³-hybridized carbons (Fsp3) is 0.400. The van der Waals surface area contributed by atoms with Crippen LogP contribution in [0.25, 0.3) is 0 Å². The van der Waals surface area contributed by atoms with Gasteiger partial charge in [-0.2, -0.15) is 18.2 Å². The minimum Gasteiger partial charge on any atom is -1.00 e. The maximum absolute atomic E-state index is 13.0. The molecule has 248 valence electrons. The Balaban J connectivity index is 0.000000384. The normalized spacial score (nSPS) is 15.0. The van der Waals surface area contributed by atoms with E-state index in [0.717, 1.165) is 32.1 Å². The molecule has 1 unspecified atom stereocenters. The summed E-state index contributed by atoms with van der Waals surface area (Å²) in [4.78, 5) is 32.6. The van der Waals surface area contributed by atoms with Gasteiger partial charge in [0.15, 0.2) is 5.78 Å². The van der Waals surface area contributed by atoms with Crippen LogP contribution in [0.2, 0.25) is 0 Å². The van der Waals surface area contributed by atoms with Crippen molar-refractivity contribution in [2.45, 2.75) is 65.4 Å². The number of Topliss-reactive ketones (excluding diaryl/α,β-unsaturated/α-hetero) is 1. The predicted octanol–water partition coefficient (Wildman–Crippen LogP) is 3.42. The van der Waals surface area contributed by atoms with Crippen molar-refractivity contribution in [3.63, 3.8) is 0 Å². The van der Waals surface area contributed by atoms with Crippen molar-refractivity contribution < 1.29 is 35.7 Å². The van der Waals surface area contributed by atoms with Crippen molar-refractivity contribution in [1.29, 1.82) is 0 Å². The average Bonchev–Trinajstić information content (AvgIpc) is 3.07. The molecule has 2 saturated heterocycles. The molecular formula is C35H43BrF2MgN6O2. The van der Waals surface area contributed by atoms with E-state index >= 15 is 0 Å². The predicted molar refractivity (Wildman–Crippen MR) is 179 cm³/mol. The van der Waals surface area contributed by atoms with Gasteiger partial charge in [0.1, 0.15) is 11.4 Å². The number of benzene rings is 2. The van der Waals surface area contributed by atoms with Crippen LogP contribution in [0.4, 0.5) is 20.7 Å². The second kappa shape index (κ2) is 21.0. The van der Waals surface area contributed by atoms with Gasteiger partial charge in [-0.1, -0.05) is 19.6 Å². The molecule has 2 fully saturated rings. The zero-order valence-electron chi connectivity index (χ0n) is 26.4. The molecule has 0 spiro atoms. The minimum atomic E-state index is -1.24. The van der Waals surface area contributed by atoms with Crippen molar-refractivity contribution in [3.05, 3.63) is 108 Å². The van der Waals surface area contributed by atoms with Crippen LogP contribution in [-0.2, 0) is 5.60 Å². The molecule has 12 heteroatoms. The molecule has 2 aromatic heterocycles. The first-order valence-corrected chi connectivity index (χ1v) is 15.0. The van der Waals surface area contributed by atoms with Gasteiger partial charge in [-0.25, -0.2) is 28.7 Å². The van der Waals surface area contributed by atoms with E-state index in [9.17, 15) is 18.7 Å². The summed E-state index contributed by atoms with van der Waals surface area (Å²) in [6, 6.07) is 14.3. The number of hydrogen-bond donors (Lipinski definition) is 1. The zero-order valence-corrected chi connectivity index (χ0v) is 29.4. The summed E-state index contributed by atoms with van der Waals surface area (Å²) in [5.74, 6) is 0.938. The molecular weight excluding hydrogens is 679 g/mol. The van der Waals surface area contributed by atoms with E-state index in [1.165, 1.54) is 81.8 Å². The summed E-state index contributed by atoms with van der Waals surface area (Å²) in [6.45, 7) is 7.21. The number of aromatic nitrogens is 4. The second-order valence-corrected chi connectivity index (χ2v) is 11.0. The van der Waals surface area contributed by atoms with E-state index in [0.29, 0.717) is 22.6 Å². The Morgan fingerprint density at radius 3 is 1.51 bits per heavy atom. The molecule has 0 aliphatic carbocycles. The van der Waals surface area contributed by atoms with Crippen LogP contribution < -0.4 is 26.8 Å². The van der Waals surface area contributed by atoms with E-state index in [1.807, 2.05) is 0 Å². The monoisotopic (exact) mass is 720 g/mol.